The Balaban J connectivity index is 1.39. The van der Waals surface area contributed by atoms with Crippen LogP contribution in [0.1, 0.15) is 16.3 Å². The zero-order chi connectivity index (χ0) is 23.4. The highest BCUT2D eigenvalue weighted by Gasteiger charge is 2.19. The molecule has 2 heterocycles. The third-order valence-corrected chi connectivity index (χ3v) is 4.87. The van der Waals surface area contributed by atoms with Crippen molar-refractivity contribution in [2.24, 2.45) is 0 Å². The topological polar surface area (TPSA) is 131 Å². The van der Waals surface area contributed by atoms with Gasteiger partial charge in [0, 0.05) is 17.3 Å². The van der Waals surface area contributed by atoms with Gasteiger partial charge in [-0.3, -0.25) is 20.2 Å². The minimum atomic E-state index is -0.596. The number of nitrogens with zero attached hydrogens (tertiary/aromatic N) is 1. The van der Waals surface area contributed by atoms with Crippen LogP contribution in [-0.4, -0.2) is 21.0 Å². The molecule has 0 radical (unpaired) electrons. The van der Waals surface area contributed by atoms with Gasteiger partial charge < -0.3 is 19.3 Å². The number of aliphatic hydroxyl groups is 1. The second-order valence-electron chi connectivity index (χ2n) is 6.85. The Morgan fingerprint density at radius 2 is 1.70 bits per heavy atom. The van der Waals surface area contributed by atoms with Crippen LogP contribution in [0.3, 0.4) is 0 Å². The van der Waals surface area contributed by atoms with Crippen LogP contribution in [0.5, 0.6) is 0 Å². The molecule has 9 nitrogen and oxygen atoms in total. The summed E-state index contributed by atoms with van der Waals surface area (Å²) in [5.41, 5.74) is 1.60. The number of carbonyl (C=O) groups is 1. The summed E-state index contributed by atoms with van der Waals surface area (Å²) in [5.74, 6) is 0.651. The van der Waals surface area contributed by atoms with Crippen LogP contribution in [0.2, 0.25) is 0 Å². The first kappa shape index (κ1) is 21.9. The number of nitro benzene ring substituents is 1. The second kappa shape index (κ2) is 9.47. The van der Waals surface area contributed by atoms with Gasteiger partial charge in [0.15, 0.2) is 10.9 Å². The van der Waals surface area contributed by atoms with Crippen molar-refractivity contribution in [2.45, 2.75) is 6.61 Å². The number of rotatable bonds is 6. The van der Waals surface area contributed by atoms with Crippen LogP contribution in [0.4, 0.5) is 11.4 Å². The molecular formula is C23H17N3O6S. The van der Waals surface area contributed by atoms with Gasteiger partial charge in [0.25, 0.3) is 11.6 Å². The van der Waals surface area contributed by atoms with Gasteiger partial charge in [-0.1, -0.05) is 12.1 Å². The molecule has 0 atom stereocenters. The van der Waals surface area contributed by atoms with Crippen molar-refractivity contribution >= 4 is 34.6 Å². The number of hydrogen-bond donors (Lipinski definition) is 3. The van der Waals surface area contributed by atoms with Crippen molar-refractivity contribution in [3.8, 4) is 22.6 Å². The fraction of sp³-hybridized carbons (Fsp3) is 0.0435. The molecule has 2 aromatic carbocycles. The van der Waals surface area contributed by atoms with E-state index in [9.17, 15) is 14.9 Å². The van der Waals surface area contributed by atoms with Gasteiger partial charge in [-0.05, 0) is 66.8 Å². The molecule has 0 fully saturated rings. The highest BCUT2D eigenvalue weighted by atomic mass is 32.1. The number of anilines is 1. The molecule has 4 aromatic rings. The zero-order valence-electron chi connectivity index (χ0n) is 17.0. The normalized spacial score (nSPS) is 10.6. The van der Waals surface area contributed by atoms with Crippen molar-refractivity contribution in [3.05, 3.63) is 94.4 Å². The van der Waals surface area contributed by atoms with Crippen molar-refractivity contribution in [3.63, 3.8) is 0 Å². The highest BCUT2D eigenvalue weighted by Crippen LogP contribution is 2.31. The van der Waals surface area contributed by atoms with E-state index in [4.69, 9.17) is 26.2 Å². The summed E-state index contributed by atoms with van der Waals surface area (Å²) in [6.45, 7) is -0.174. The number of para-hydroxylation sites is 1. The zero-order valence-corrected chi connectivity index (χ0v) is 17.8. The van der Waals surface area contributed by atoms with E-state index < -0.39 is 10.8 Å². The fourth-order valence-electron chi connectivity index (χ4n) is 3.11. The molecular weight excluding hydrogens is 446 g/mol. The molecule has 0 spiro atoms. The smallest absolute Gasteiger partial charge is 0.293 e. The number of amides is 1. The molecule has 3 N–H and O–H groups in total. The molecule has 0 aliphatic rings. The minimum absolute atomic E-state index is 0.0415. The third kappa shape index (κ3) is 4.97. The SMILES string of the molecule is O=C(NC(=S)Nc1ccc(-c2ccc(CO)o2)cc1)c1ccc(-c2ccccc2[N+](=O)[O-])o1. The third-order valence-electron chi connectivity index (χ3n) is 4.67. The van der Waals surface area contributed by atoms with Crippen molar-refractivity contribution in [1.82, 2.24) is 5.32 Å². The molecule has 0 saturated heterocycles. The molecule has 1 amide bonds. The van der Waals surface area contributed by atoms with Gasteiger partial charge in [-0.15, -0.1) is 0 Å². The maximum atomic E-state index is 12.5. The first-order valence-electron chi connectivity index (χ1n) is 9.70. The Hall–Kier alpha value is -4.28. The summed E-state index contributed by atoms with van der Waals surface area (Å²) in [7, 11) is 0. The summed E-state index contributed by atoms with van der Waals surface area (Å²) in [6, 6.07) is 19.6. The highest BCUT2D eigenvalue weighted by molar-refractivity contribution is 7.80. The number of furan rings is 2. The standard InChI is InChI=1S/C23H17N3O6S/c27-13-16-9-10-19(31-16)14-5-7-15(8-6-14)24-23(33)25-22(28)21-12-11-20(32-21)17-3-1-2-4-18(17)26(29)30/h1-12,27H,13H2,(H2,24,25,28,33). The van der Waals surface area contributed by atoms with Crippen LogP contribution < -0.4 is 10.6 Å². The lowest BCUT2D eigenvalue weighted by Gasteiger charge is -2.09. The van der Waals surface area contributed by atoms with Crippen LogP contribution in [-0.2, 0) is 6.61 Å². The Morgan fingerprint density at radius 3 is 2.39 bits per heavy atom. The largest absolute Gasteiger partial charge is 0.459 e. The van der Waals surface area contributed by atoms with E-state index in [0.717, 1.165) is 5.56 Å². The van der Waals surface area contributed by atoms with E-state index in [0.29, 0.717) is 17.2 Å². The van der Waals surface area contributed by atoms with Crippen LogP contribution in [0.25, 0.3) is 22.6 Å². The van der Waals surface area contributed by atoms with Crippen molar-refractivity contribution in [2.75, 3.05) is 5.32 Å². The first-order valence-corrected chi connectivity index (χ1v) is 10.1. The molecule has 4 rings (SSSR count). The van der Waals surface area contributed by atoms with Gasteiger partial charge in [0.1, 0.15) is 23.9 Å². The van der Waals surface area contributed by atoms with Gasteiger partial charge in [0.2, 0.25) is 0 Å². The lowest BCUT2D eigenvalue weighted by Crippen LogP contribution is -2.33. The molecule has 0 unspecified atom stereocenters. The monoisotopic (exact) mass is 463 g/mol. The quantitative estimate of drug-likeness (QED) is 0.212. The average Bonchev–Trinajstić information content (AvgIpc) is 3.49. The molecule has 0 aliphatic carbocycles. The van der Waals surface area contributed by atoms with Crippen LogP contribution in [0, 0.1) is 10.1 Å². The number of nitrogens with one attached hydrogen (secondary N) is 2. The second-order valence-corrected chi connectivity index (χ2v) is 7.26. The predicted molar refractivity (Wildman–Crippen MR) is 125 cm³/mol. The van der Waals surface area contributed by atoms with Crippen molar-refractivity contribution < 1.29 is 23.7 Å². The molecule has 10 heteroatoms. The predicted octanol–water partition coefficient (Wildman–Crippen LogP) is 4.73. The van der Waals surface area contributed by atoms with E-state index in [2.05, 4.69) is 10.6 Å². The number of hydrogen-bond acceptors (Lipinski definition) is 7. The Bertz CT molecular complexity index is 1330. The average molecular weight is 463 g/mol. The molecule has 0 aliphatic heterocycles. The summed E-state index contributed by atoms with van der Waals surface area (Å²) < 4.78 is 11.0. The number of benzene rings is 2. The molecule has 33 heavy (non-hydrogen) atoms. The number of aliphatic hydroxyl groups excluding tert-OH is 1. The lowest BCUT2D eigenvalue weighted by atomic mass is 10.1. The van der Waals surface area contributed by atoms with E-state index in [1.807, 2.05) is 0 Å². The van der Waals surface area contributed by atoms with E-state index >= 15 is 0 Å². The summed E-state index contributed by atoms with van der Waals surface area (Å²) >= 11 is 5.19. The Morgan fingerprint density at radius 1 is 0.970 bits per heavy atom. The van der Waals surface area contributed by atoms with E-state index in [-0.39, 0.29) is 34.5 Å². The molecule has 0 saturated carbocycles. The number of thiocarbonyl (C=S) groups is 1. The van der Waals surface area contributed by atoms with Gasteiger partial charge in [0.05, 0.1) is 10.5 Å². The minimum Gasteiger partial charge on any atom is -0.459 e. The molecule has 166 valence electrons. The fourth-order valence-corrected chi connectivity index (χ4v) is 3.32. The maximum absolute atomic E-state index is 12.5. The van der Waals surface area contributed by atoms with Crippen LogP contribution in [0.15, 0.2) is 81.6 Å². The molecule has 2 aromatic heterocycles. The first-order chi connectivity index (χ1) is 15.9. The maximum Gasteiger partial charge on any atom is 0.293 e. The lowest BCUT2D eigenvalue weighted by molar-refractivity contribution is -0.384. The summed E-state index contributed by atoms with van der Waals surface area (Å²) in [6.07, 6.45) is 0. The van der Waals surface area contributed by atoms with Gasteiger partial charge in [-0.25, -0.2) is 0 Å². The number of carbonyl (C=O) groups excluding carboxylic acids is 1. The van der Waals surface area contributed by atoms with Crippen molar-refractivity contribution in [1.29, 1.82) is 0 Å². The summed E-state index contributed by atoms with van der Waals surface area (Å²) in [4.78, 5) is 23.2. The van der Waals surface area contributed by atoms with E-state index in [1.165, 1.54) is 18.2 Å². The number of nitro groups is 1. The van der Waals surface area contributed by atoms with Crippen LogP contribution >= 0.6 is 12.2 Å². The summed E-state index contributed by atoms with van der Waals surface area (Å²) in [5, 5.41) is 25.8. The Kier molecular flexibility index (Phi) is 6.29. The van der Waals surface area contributed by atoms with Gasteiger partial charge >= 0.3 is 0 Å². The van der Waals surface area contributed by atoms with E-state index in [1.54, 1.807) is 54.6 Å². The molecule has 0 bridgehead atoms. The Labute approximate surface area is 192 Å². The van der Waals surface area contributed by atoms with Gasteiger partial charge in [-0.2, -0.15) is 0 Å².